The molecule has 1 aliphatic rings. The fourth-order valence-corrected chi connectivity index (χ4v) is 2.89. The molecule has 4 heteroatoms. The maximum absolute atomic E-state index is 12.5. The zero-order chi connectivity index (χ0) is 15.4. The van der Waals surface area contributed by atoms with E-state index in [4.69, 9.17) is 0 Å². The number of carbonyl (C=O) groups is 2. The lowest BCUT2D eigenvalue weighted by Crippen LogP contribution is -2.63. The van der Waals surface area contributed by atoms with E-state index in [-0.39, 0.29) is 23.9 Å². The van der Waals surface area contributed by atoms with Gasteiger partial charge in [0.05, 0.1) is 0 Å². The maximum atomic E-state index is 12.5. The van der Waals surface area contributed by atoms with Gasteiger partial charge >= 0.3 is 0 Å². The molecule has 1 aromatic rings. The van der Waals surface area contributed by atoms with Gasteiger partial charge in [0.2, 0.25) is 11.8 Å². The smallest absolute Gasteiger partial charge is 0.245 e. The molecule has 0 radical (unpaired) electrons. The highest BCUT2D eigenvalue weighted by Gasteiger charge is 2.38. The molecule has 0 aromatic heterocycles. The Labute approximate surface area is 126 Å². The van der Waals surface area contributed by atoms with Crippen LogP contribution in [0.5, 0.6) is 0 Å². The molecule has 1 fully saturated rings. The fraction of sp³-hybridized carbons (Fsp3) is 0.529. The molecule has 0 aliphatic carbocycles. The molecule has 0 spiro atoms. The van der Waals surface area contributed by atoms with Crippen LogP contribution in [-0.2, 0) is 16.0 Å². The van der Waals surface area contributed by atoms with Crippen LogP contribution in [-0.4, -0.2) is 35.3 Å². The number of nitrogens with one attached hydrogen (secondary N) is 1. The van der Waals surface area contributed by atoms with Gasteiger partial charge in [-0.05, 0) is 31.7 Å². The number of hydrogen-bond donors (Lipinski definition) is 1. The van der Waals surface area contributed by atoms with Crippen molar-refractivity contribution >= 4 is 11.8 Å². The van der Waals surface area contributed by atoms with Gasteiger partial charge in [-0.15, -0.1) is 0 Å². The first kappa shape index (κ1) is 15.5. The molecular formula is C17H24N2O2. The van der Waals surface area contributed by atoms with E-state index in [0.717, 1.165) is 6.42 Å². The van der Waals surface area contributed by atoms with Crippen molar-refractivity contribution in [1.29, 1.82) is 0 Å². The molecule has 114 valence electrons. The standard InChI is InChI=1S/C17H24N2O2/c1-4-14-17(21)19(15(5-2)16(20)18-14)10-9-13-8-6-7-12(3)11-13/h6-8,11,14-15H,4-5,9-10H2,1-3H3,(H,18,20). The third kappa shape index (κ3) is 3.43. The average molecular weight is 288 g/mol. The molecule has 0 bridgehead atoms. The predicted octanol–water partition coefficient (Wildman–Crippen LogP) is 2.05. The van der Waals surface area contributed by atoms with Crippen LogP contribution in [0.3, 0.4) is 0 Å². The summed E-state index contributed by atoms with van der Waals surface area (Å²) >= 11 is 0. The Balaban J connectivity index is 2.10. The summed E-state index contributed by atoms with van der Waals surface area (Å²) in [6, 6.07) is 7.60. The van der Waals surface area contributed by atoms with Gasteiger partial charge < -0.3 is 10.2 Å². The van der Waals surface area contributed by atoms with Gasteiger partial charge in [-0.25, -0.2) is 0 Å². The molecule has 2 unspecified atom stereocenters. The summed E-state index contributed by atoms with van der Waals surface area (Å²) < 4.78 is 0. The number of rotatable bonds is 5. The van der Waals surface area contributed by atoms with Crippen molar-refractivity contribution in [3.8, 4) is 0 Å². The van der Waals surface area contributed by atoms with E-state index in [1.54, 1.807) is 4.90 Å². The summed E-state index contributed by atoms with van der Waals surface area (Å²) in [5.74, 6) is 0.0322. The summed E-state index contributed by atoms with van der Waals surface area (Å²) in [6.07, 6.45) is 2.08. The molecule has 2 rings (SSSR count). The van der Waals surface area contributed by atoms with E-state index in [9.17, 15) is 9.59 Å². The molecule has 1 heterocycles. The molecule has 21 heavy (non-hydrogen) atoms. The highest BCUT2D eigenvalue weighted by atomic mass is 16.2. The number of amides is 2. The van der Waals surface area contributed by atoms with Crippen LogP contribution in [0.2, 0.25) is 0 Å². The Morgan fingerprint density at radius 1 is 1.19 bits per heavy atom. The largest absolute Gasteiger partial charge is 0.343 e. The monoisotopic (exact) mass is 288 g/mol. The van der Waals surface area contributed by atoms with Crippen LogP contribution in [0.25, 0.3) is 0 Å². The van der Waals surface area contributed by atoms with E-state index in [0.29, 0.717) is 19.4 Å². The lowest BCUT2D eigenvalue weighted by Gasteiger charge is -2.38. The van der Waals surface area contributed by atoms with Gasteiger partial charge in [0.15, 0.2) is 0 Å². The number of aryl methyl sites for hydroxylation is 1. The highest BCUT2D eigenvalue weighted by molar-refractivity contribution is 5.96. The molecule has 1 aliphatic heterocycles. The number of hydrogen-bond acceptors (Lipinski definition) is 2. The van der Waals surface area contributed by atoms with E-state index in [1.165, 1.54) is 11.1 Å². The lowest BCUT2D eigenvalue weighted by molar-refractivity contribution is -0.149. The number of nitrogens with zero attached hydrogens (tertiary/aromatic N) is 1. The Bertz CT molecular complexity index is 527. The highest BCUT2D eigenvalue weighted by Crippen LogP contribution is 2.16. The fourth-order valence-electron chi connectivity index (χ4n) is 2.89. The predicted molar refractivity (Wildman–Crippen MR) is 82.9 cm³/mol. The van der Waals surface area contributed by atoms with Crippen LogP contribution in [0.15, 0.2) is 24.3 Å². The summed E-state index contributed by atoms with van der Waals surface area (Å²) in [7, 11) is 0. The Morgan fingerprint density at radius 2 is 1.95 bits per heavy atom. The first-order valence-electron chi connectivity index (χ1n) is 7.73. The van der Waals surface area contributed by atoms with Crippen molar-refractivity contribution in [3.05, 3.63) is 35.4 Å². The average Bonchev–Trinajstić information content (AvgIpc) is 2.47. The van der Waals surface area contributed by atoms with Crippen molar-refractivity contribution in [3.63, 3.8) is 0 Å². The van der Waals surface area contributed by atoms with Gasteiger partial charge in [-0.3, -0.25) is 9.59 Å². The first-order valence-corrected chi connectivity index (χ1v) is 7.73. The van der Waals surface area contributed by atoms with Crippen molar-refractivity contribution < 1.29 is 9.59 Å². The topological polar surface area (TPSA) is 49.4 Å². The van der Waals surface area contributed by atoms with E-state index in [2.05, 4.69) is 30.4 Å². The Morgan fingerprint density at radius 3 is 2.57 bits per heavy atom. The maximum Gasteiger partial charge on any atom is 0.245 e. The Kier molecular flexibility index (Phi) is 4.99. The van der Waals surface area contributed by atoms with Crippen LogP contribution < -0.4 is 5.32 Å². The summed E-state index contributed by atoms with van der Waals surface area (Å²) in [5.41, 5.74) is 2.42. The summed E-state index contributed by atoms with van der Waals surface area (Å²) in [4.78, 5) is 26.3. The van der Waals surface area contributed by atoms with Gasteiger partial charge in [-0.1, -0.05) is 43.7 Å². The number of piperazine rings is 1. The number of benzene rings is 1. The molecule has 1 N–H and O–H groups in total. The second-order valence-corrected chi connectivity index (χ2v) is 5.66. The van der Waals surface area contributed by atoms with Gasteiger partial charge in [-0.2, -0.15) is 0 Å². The quantitative estimate of drug-likeness (QED) is 0.901. The van der Waals surface area contributed by atoms with Crippen LogP contribution in [0.1, 0.15) is 37.8 Å². The number of carbonyl (C=O) groups excluding carboxylic acids is 2. The minimum absolute atomic E-state index is 0.0202. The minimum Gasteiger partial charge on any atom is -0.343 e. The zero-order valence-corrected chi connectivity index (χ0v) is 13.1. The van der Waals surface area contributed by atoms with Crippen LogP contribution in [0.4, 0.5) is 0 Å². The second kappa shape index (κ2) is 6.74. The third-order valence-corrected chi connectivity index (χ3v) is 4.10. The summed E-state index contributed by atoms with van der Waals surface area (Å²) in [5, 5.41) is 2.82. The molecule has 2 amide bonds. The summed E-state index contributed by atoms with van der Waals surface area (Å²) in [6.45, 7) is 6.53. The van der Waals surface area contributed by atoms with E-state index >= 15 is 0 Å². The van der Waals surface area contributed by atoms with Crippen molar-refractivity contribution in [2.24, 2.45) is 0 Å². The molecule has 4 nitrogen and oxygen atoms in total. The van der Waals surface area contributed by atoms with Crippen molar-refractivity contribution in [1.82, 2.24) is 10.2 Å². The third-order valence-electron chi connectivity index (χ3n) is 4.10. The van der Waals surface area contributed by atoms with Crippen molar-refractivity contribution in [2.75, 3.05) is 6.54 Å². The normalized spacial score (nSPS) is 22.3. The Hall–Kier alpha value is -1.84. The first-order chi connectivity index (χ1) is 10.1. The zero-order valence-electron chi connectivity index (χ0n) is 13.1. The van der Waals surface area contributed by atoms with E-state index in [1.807, 2.05) is 19.9 Å². The molecular weight excluding hydrogens is 264 g/mol. The van der Waals surface area contributed by atoms with Gasteiger partial charge in [0, 0.05) is 6.54 Å². The van der Waals surface area contributed by atoms with Gasteiger partial charge in [0.1, 0.15) is 12.1 Å². The van der Waals surface area contributed by atoms with Gasteiger partial charge in [0.25, 0.3) is 0 Å². The van der Waals surface area contributed by atoms with Crippen LogP contribution >= 0.6 is 0 Å². The molecule has 2 atom stereocenters. The molecule has 1 aromatic carbocycles. The molecule has 1 saturated heterocycles. The SMILES string of the molecule is CCC1NC(=O)C(CC)N(CCc2cccc(C)c2)C1=O. The lowest BCUT2D eigenvalue weighted by atomic mass is 10.0. The van der Waals surface area contributed by atoms with Crippen molar-refractivity contribution in [2.45, 2.75) is 52.1 Å². The molecule has 0 saturated carbocycles. The van der Waals surface area contributed by atoms with Crippen LogP contribution in [0, 0.1) is 6.92 Å². The van der Waals surface area contributed by atoms with E-state index < -0.39 is 0 Å². The minimum atomic E-state index is -0.363. The second-order valence-electron chi connectivity index (χ2n) is 5.66.